The molecule has 1 amide bonds. The predicted octanol–water partition coefficient (Wildman–Crippen LogP) is -0.169. The van der Waals surface area contributed by atoms with Crippen molar-refractivity contribution in [2.75, 3.05) is 26.7 Å². The fourth-order valence-electron chi connectivity index (χ4n) is 0.913. The normalized spacial score (nSPS) is 9.40. The fourth-order valence-corrected chi connectivity index (χ4v) is 0.913. The van der Waals surface area contributed by atoms with Gasteiger partial charge in [0.1, 0.15) is 0 Å². The van der Waals surface area contributed by atoms with Crippen molar-refractivity contribution in [3.63, 3.8) is 0 Å². The lowest BCUT2D eigenvalue weighted by Gasteiger charge is -2.04. The minimum absolute atomic E-state index is 0.0817. The Morgan fingerprint density at radius 3 is 2.80 bits per heavy atom. The van der Waals surface area contributed by atoms with Crippen LogP contribution in [0.1, 0.15) is 12.8 Å². The first-order valence-electron chi connectivity index (χ1n) is 4.85. The standard InChI is InChI=1S/C10H18N2O3/c1-3-6-11-8-9(13)12-7-4-5-10(14)15-2/h3,11H,1,4-8H2,2H3,(H,12,13). The first-order valence-corrected chi connectivity index (χ1v) is 4.85. The van der Waals surface area contributed by atoms with Crippen LogP contribution < -0.4 is 10.6 Å². The van der Waals surface area contributed by atoms with Crippen LogP contribution >= 0.6 is 0 Å². The van der Waals surface area contributed by atoms with Crippen molar-refractivity contribution < 1.29 is 14.3 Å². The van der Waals surface area contributed by atoms with E-state index in [-0.39, 0.29) is 18.4 Å². The van der Waals surface area contributed by atoms with E-state index in [4.69, 9.17) is 0 Å². The summed E-state index contributed by atoms with van der Waals surface area (Å²) in [5.74, 6) is -0.337. The zero-order valence-corrected chi connectivity index (χ0v) is 9.04. The van der Waals surface area contributed by atoms with Gasteiger partial charge in [0.05, 0.1) is 13.7 Å². The van der Waals surface area contributed by atoms with E-state index >= 15 is 0 Å². The first kappa shape index (κ1) is 13.6. The smallest absolute Gasteiger partial charge is 0.305 e. The Hall–Kier alpha value is -1.36. The molecule has 0 aromatic carbocycles. The van der Waals surface area contributed by atoms with Gasteiger partial charge in [0, 0.05) is 19.5 Å². The fraction of sp³-hybridized carbons (Fsp3) is 0.600. The van der Waals surface area contributed by atoms with Crippen molar-refractivity contribution in [3.8, 4) is 0 Å². The molecule has 0 rings (SSSR count). The minimum atomic E-state index is -0.256. The Balaban J connectivity index is 3.31. The molecule has 0 saturated carbocycles. The van der Waals surface area contributed by atoms with E-state index in [0.717, 1.165) is 0 Å². The lowest BCUT2D eigenvalue weighted by Crippen LogP contribution is -2.34. The van der Waals surface area contributed by atoms with Crippen molar-refractivity contribution in [3.05, 3.63) is 12.7 Å². The number of hydrogen-bond donors (Lipinski definition) is 2. The summed E-state index contributed by atoms with van der Waals surface area (Å²) in [7, 11) is 1.35. The lowest BCUT2D eigenvalue weighted by atomic mass is 10.3. The summed E-state index contributed by atoms with van der Waals surface area (Å²) in [6.07, 6.45) is 2.61. The van der Waals surface area contributed by atoms with Crippen LogP contribution in [0.2, 0.25) is 0 Å². The second-order valence-corrected chi connectivity index (χ2v) is 2.95. The number of rotatable bonds is 8. The zero-order valence-electron chi connectivity index (χ0n) is 9.04. The van der Waals surface area contributed by atoms with Crippen LogP contribution in [0.3, 0.4) is 0 Å². The van der Waals surface area contributed by atoms with Crippen molar-refractivity contribution in [1.29, 1.82) is 0 Å². The monoisotopic (exact) mass is 214 g/mol. The average molecular weight is 214 g/mol. The highest BCUT2D eigenvalue weighted by Gasteiger charge is 2.01. The average Bonchev–Trinajstić information content (AvgIpc) is 2.24. The maximum Gasteiger partial charge on any atom is 0.305 e. The lowest BCUT2D eigenvalue weighted by molar-refractivity contribution is -0.140. The molecule has 0 aliphatic carbocycles. The van der Waals surface area contributed by atoms with Crippen molar-refractivity contribution >= 4 is 11.9 Å². The van der Waals surface area contributed by atoms with E-state index in [1.807, 2.05) is 0 Å². The third-order valence-electron chi connectivity index (χ3n) is 1.68. The molecule has 86 valence electrons. The molecular formula is C10H18N2O3. The van der Waals surface area contributed by atoms with Gasteiger partial charge in [-0.2, -0.15) is 0 Å². The van der Waals surface area contributed by atoms with Crippen LogP contribution in [-0.2, 0) is 14.3 Å². The van der Waals surface area contributed by atoms with Gasteiger partial charge in [-0.3, -0.25) is 9.59 Å². The molecule has 0 bridgehead atoms. The quantitative estimate of drug-likeness (QED) is 0.334. The molecule has 5 heteroatoms. The molecule has 2 N–H and O–H groups in total. The third-order valence-corrected chi connectivity index (χ3v) is 1.68. The van der Waals surface area contributed by atoms with E-state index in [9.17, 15) is 9.59 Å². The van der Waals surface area contributed by atoms with E-state index < -0.39 is 0 Å². The summed E-state index contributed by atoms with van der Waals surface area (Å²) in [6, 6.07) is 0. The molecule has 0 heterocycles. The summed E-state index contributed by atoms with van der Waals surface area (Å²) < 4.78 is 4.46. The first-order chi connectivity index (χ1) is 7.20. The van der Waals surface area contributed by atoms with Crippen LogP contribution in [0.15, 0.2) is 12.7 Å². The second kappa shape index (κ2) is 9.21. The largest absolute Gasteiger partial charge is 0.469 e. The molecule has 0 radical (unpaired) electrons. The van der Waals surface area contributed by atoms with Crippen LogP contribution in [0, 0.1) is 0 Å². The number of ether oxygens (including phenoxy) is 1. The van der Waals surface area contributed by atoms with Gasteiger partial charge >= 0.3 is 5.97 Å². The van der Waals surface area contributed by atoms with Gasteiger partial charge in [0.2, 0.25) is 5.91 Å². The molecule has 0 fully saturated rings. The Morgan fingerprint density at radius 2 is 2.20 bits per heavy atom. The van der Waals surface area contributed by atoms with Gasteiger partial charge < -0.3 is 15.4 Å². The van der Waals surface area contributed by atoms with Gasteiger partial charge in [0.25, 0.3) is 0 Å². The Morgan fingerprint density at radius 1 is 1.47 bits per heavy atom. The number of amides is 1. The van der Waals surface area contributed by atoms with Crippen LogP contribution in [0.25, 0.3) is 0 Å². The van der Waals surface area contributed by atoms with Crippen LogP contribution in [0.4, 0.5) is 0 Å². The van der Waals surface area contributed by atoms with Crippen LogP contribution in [-0.4, -0.2) is 38.6 Å². The molecule has 0 aliphatic rings. The Bertz CT molecular complexity index is 217. The van der Waals surface area contributed by atoms with Crippen LogP contribution in [0.5, 0.6) is 0 Å². The number of nitrogens with one attached hydrogen (secondary N) is 2. The number of hydrogen-bond acceptors (Lipinski definition) is 4. The number of carbonyl (C=O) groups is 2. The highest BCUT2D eigenvalue weighted by molar-refractivity contribution is 5.78. The Kier molecular flexibility index (Phi) is 8.37. The van der Waals surface area contributed by atoms with E-state index in [1.54, 1.807) is 6.08 Å². The van der Waals surface area contributed by atoms with E-state index in [2.05, 4.69) is 21.9 Å². The number of esters is 1. The van der Waals surface area contributed by atoms with Gasteiger partial charge in [-0.1, -0.05) is 6.08 Å². The molecule has 0 atom stereocenters. The van der Waals surface area contributed by atoms with E-state index in [0.29, 0.717) is 25.9 Å². The van der Waals surface area contributed by atoms with Crippen molar-refractivity contribution in [1.82, 2.24) is 10.6 Å². The maximum atomic E-state index is 11.1. The SMILES string of the molecule is C=CCNCC(=O)NCCCC(=O)OC. The molecule has 0 aromatic heterocycles. The summed E-state index contributed by atoms with van der Waals surface area (Å²) in [6.45, 7) is 4.88. The molecule has 5 nitrogen and oxygen atoms in total. The van der Waals surface area contributed by atoms with Gasteiger partial charge in [-0.15, -0.1) is 6.58 Å². The molecule has 0 spiro atoms. The summed E-state index contributed by atoms with van der Waals surface area (Å²) in [4.78, 5) is 21.8. The highest BCUT2D eigenvalue weighted by atomic mass is 16.5. The summed E-state index contributed by atoms with van der Waals surface area (Å²) >= 11 is 0. The molecule has 0 aromatic rings. The highest BCUT2D eigenvalue weighted by Crippen LogP contribution is 1.89. The predicted molar refractivity (Wildman–Crippen MR) is 57.3 cm³/mol. The van der Waals surface area contributed by atoms with Gasteiger partial charge in [-0.05, 0) is 6.42 Å². The number of carbonyl (C=O) groups excluding carboxylic acids is 2. The zero-order chi connectivity index (χ0) is 11.5. The minimum Gasteiger partial charge on any atom is -0.469 e. The molecule has 0 saturated heterocycles. The Labute approximate surface area is 89.9 Å². The summed E-state index contributed by atoms with van der Waals surface area (Å²) in [5.41, 5.74) is 0. The van der Waals surface area contributed by atoms with Crippen molar-refractivity contribution in [2.45, 2.75) is 12.8 Å². The number of methoxy groups -OCH3 is 1. The second-order valence-electron chi connectivity index (χ2n) is 2.95. The molecule has 0 aliphatic heterocycles. The van der Waals surface area contributed by atoms with E-state index in [1.165, 1.54) is 7.11 Å². The summed E-state index contributed by atoms with van der Waals surface area (Å²) in [5, 5.41) is 5.55. The third kappa shape index (κ3) is 8.96. The van der Waals surface area contributed by atoms with Gasteiger partial charge in [0.15, 0.2) is 0 Å². The molecular weight excluding hydrogens is 196 g/mol. The molecule has 0 unspecified atom stereocenters. The van der Waals surface area contributed by atoms with Gasteiger partial charge in [-0.25, -0.2) is 0 Å². The maximum absolute atomic E-state index is 11.1. The molecule has 15 heavy (non-hydrogen) atoms. The van der Waals surface area contributed by atoms with Crippen molar-refractivity contribution in [2.24, 2.45) is 0 Å². The topological polar surface area (TPSA) is 67.4 Å².